The number of hydrogen-bond acceptors (Lipinski definition) is 8. The quantitative estimate of drug-likeness (QED) is 0.751. The molecule has 0 spiro atoms. The molecule has 0 saturated heterocycles. The molecule has 1 heterocycles. The minimum atomic E-state index is -4.77. The standard InChI is InChI=1S/C15H12F3N7O/c16-15(17,18)26-11-3-1-10(2-4-11)24-13-12(21)14(23-9-22-13)25(7-5-19)8-6-20/h1-4,9H,7-8,21H2,(H,22,23,24). The molecule has 2 aromatic rings. The van der Waals surface area contributed by atoms with E-state index in [9.17, 15) is 13.2 Å². The molecule has 0 bridgehead atoms. The molecule has 134 valence electrons. The van der Waals surface area contributed by atoms with Gasteiger partial charge in [-0.2, -0.15) is 10.5 Å². The van der Waals surface area contributed by atoms with Gasteiger partial charge in [0.15, 0.2) is 11.6 Å². The lowest BCUT2D eigenvalue weighted by Gasteiger charge is -2.20. The van der Waals surface area contributed by atoms with E-state index in [0.29, 0.717) is 5.69 Å². The van der Waals surface area contributed by atoms with E-state index in [-0.39, 0.29) is 36.2 Å². The average Bonchev–Trinajstić information content (AvgIpc) is 2.57. The predicted molar refractivity (Wildman–Crippen MR) is 86.3 cm³/mol. The van der Waals surface area contributed by atoms with E-state index in [1.807, 2.05) is 12.1 Å². The summed E-state index contributed by atoms with van der Waals surface area (Å²) < 4.78 is 40.3. The molecule has 0 saturated carbocycles. The molecular formula is C15H12F3N7O. The maximum atomic E-state index is 12.2. The molecule has 0 radical (unpaired) electrons. The number of nitrogens with two attached hydrogens (primary N) is 1. The first-order valence-electron chi connectivity index (χ1n) is 7.06. The third-order valence-corrected chi connectivity index (χ3v) is 3.04. The molecule has 1 aromatic heterocycles. The van der Waals surface area contributed by atoms with Gasteiger partial charge in [0.05, 0.1) is 12.1 Å². The van der Waals surface area contributed by atoms with Crippen LogP contribution in [0.2, 0.25) is 0 Å². The normalized spacial score (nSPS) is 10.5. The van der Waals surface area contributed by atoms with Crippen molar-refractivity contribution in [3.8, 4) is 17.9 Å². The van der Waals surface area contributed by atoms with E-state index in [1.165, 1.54) is 23.4 Å². The maximum Gasteiger partial charge on any atom is 0.573 e. The number of halogens is 3. The molecule has 1 aromatic carbocycles. The van der Waals surface area contributed by atoms with Gasteiger partial charge in [-0.1, -0.05) is 0 Å². The van der Waals surface area contributed by atoms with Gasteiger partial charge in [0.2, 0.25) is 0 Å². The van der Waals surface area contributed by atoms with Crippen LogP contribution >= 0.6 is 0 Å². The van der Waals surface area contributed by atoms with Crippen LogP contribution < -0.4 is 20.7 Å². The van der Waals surface area contributed by atoms with Crippen molar-refractivity contribution in [2.45, 2.75) is 6.36 Å². The topological polar surface area (TPSA) is 124 Å². The predicted octanol–water partition coefficient (Wildman–Crippen LogP) is 2.55. The molecule has 3 N–H and O–H groups in total. The monoisotopic (exact) mass is 363 g/mol. The zero-order valence-electron chi connectivity index (χ0n) is 13.2. The first kappa shape index (κ1) is 18.6. The van der Waals surface area contributed by atoms with Crippen LogP contribution in [0.1, 0.15) is 0 Å². The van der Waals surface area contributed by atoms with Crippen molar-refractivity contribution in [2.75, 3.05) is 29.0 Å². The van der Waals surface area contributed by atoms with Crippen molar-refractivity contribution in [1.82, 2.24) is 9.97 Å². The van der Waals surface area contributed by atoms with Crippen LogP contribution in [-0.2, 0) is 0 Å². The Morgan fingerprint density at radius 2 is 1.73 bits per heavy atom. The van der Waals surface area contributed by atoms with Gasteiger partial charge >= 0.3 is 6.36 Å². The van der Waals surface area contributed by atoms with Crippen LogP contribution in [0.25, 0.3) is 0 Å². The third kappa shape index (κ3) is 4.88. The number of benzene rings is 1. The van der Waals surface area contributed by atoms with Gasteiger partial charge < -0.3 is 20.7 Å². The van der Waals surface area contributed by atoms with Crippen molar-refractivity contribution in [1.29, 1.82) is 10.5 Å². The van der Waals surface area contributed by atoms with Crippen LogP contribution in [0.5, 0.6) is 5.75 Å². The fraction of sp³-hybridized carbons (Fsp3) is 0.200. The minimum Gasteiger partial charge on any atom is -0.406 e. The zero-order valence-corrected chi connectivity index (χ0v) is 13.2. The van der Waals surface area contributed by atoms with Crippen LogP contribution in [0, 0.1) is 22.7 Å². The second-order valence-electron chi connectivity index (χ2n) is 4.83. The highest BCUT2D eigenvalue weighted by molar-refractivity contribution is 5.78. The first-order valence-corrected chi connectivity index (χ1v) is 7.06. The molecule has 8 nitrogen and oxygen atoms in total. The van der Waals surface area contributed by atoms with Gasteiger partial charge in [-0.3, -0.25) is 0 Å². The third-order valence-electron chi connectivity index (χ3n) is 3.04. The number of nitrogens with one attached hydrogen (secondary N) is 1. The molecular weight excluding hydrogens is 351 g/mol. The van der Waals surface area contributed by atoms with Gasteiger partial charge in [0.25, 0.3) is 0 Å². The summed E-state index contributed by atoms with van der Waals surface area (Å²) in [4.78, 5) is 9.31. The number of ether oxygens (including phenoxy) is 1. The smallest absolute Gasteiger partial charge is 0.406 e. The fourth-order valence-electron chi connectivity index (χ4n) is 1.99. The van der Waals surface area contributed by atoms with Crippen molar-refractivity contribution in [2.24, 2.45) is 0 Å². The SMILES string of the molecule is N#CCN(CC#N)c1ncnc(Nc2ccc(OC(F)(F)F)cc2)c1N. The molecule has 0 aliphatic carbocycles. The van der Waals surface area contributed by atoms with Crippen LogP contribution in [0.4, 0.5) is 36.2 Å². The van der Waals surface area contributed by atoms with Crippen molar-refractivity contribution < 1.29 is 17.9 Å². The second-order valence-corrected chi connectivity index (χ2v) is 4.83. The highest BCUT2D eigenvalue weighted by atomic mass is 19.4. The van der Waals surface area contributed by atoms with Gasteiger partial charge in [-0.05, 0) is 24.3 Å². The minimum absolute atomic E-state index is 0.0913. The molecule has 26 heavy (non-hydrogen) atoms. The van der Waals surface area contributed by atoms with Crippen molar-refractivity contribution in [3.63, 3.8) is 0 Å². The number of alkyl halides is 3. The molecule has 0 amide bonds. The summed E-state index contributed by atoms with van der Waals surface area (Å²) >= 11 is 0. The summed E-state index contributed by atoms with van der Waals surface area (Å²) in [6.45, 7) is -0.199. The molecule has 0 aliphatic heterocycles. The van der Waals surface area contributed by atoms with E-state index < -0.39 is 6.36 Å². The Morgan fingerprint density at radius 3 is 2.27 bits per heavy atom. The summed E-state index contributed by atoms with van der Waals surface area (Å²) in [6.07, 6.45) is -3.58. The Hall–Kier alpha value is -3.73. The molecule has 0 aliphatic rings. The Balaban J connectivity index is 2.21. The lowest BCUT2D eigenvalue weighted by Crippen LogP contribution is -2.26. The highest BCUT2D eigenvalue weighted by Crippen LogP contribution is 2.29. The molecule has 2 rings (SSSR count). The second kappa shape index (κ2) is 7.90. The van der Waals surface area contributed by atoms with Gasteiger partial charge in [-0.15, -0.1) is 13.2 Å². The Kier molecular flexibility index (Phi) is 5.65. The largest absolute Gasteiger partial charge is 0.573 e. The number of nitriles is 2. The van der Waals surface area contributed by atoms with Crippen LogP contribution in [0.15, 0.2) is 30.6 Å². The number of anilines is 4. The van der Waals surface area contributed by atoms with Crippen molar-refractivity contribution in [3.05, 3.63) is 30.6 Å². The number of nitrogen functional groups attached to an aromatic ring is 1. The van der Waals surface area contributed by atoms with Crippen LogP contribution in [0.3, 0.4) is 0 Å². The summed E-state index contributed by atoms with van der Waals surface area (Å²) in [5, 5.41) is 20.5. The van der Waals surface area contributed by atoms with Crippen molar-refractivity contribution >= 4 is 23.0 Å². The Bertz CT molecular complexity index is 824. The first-order chi connectivity index (χ1) is 12.3. The van der Waals surface area contributed by atoms with E-state index >= 15 is 0 Å². The van der Waals surface area contributed by atoms with E-state index in [1.54, 1.807) is 0 Å². The number of hydrogen-bond donors (Lipinski definition) is 2. The highest BCUT2D eigenvalue weighted by Gasteiger charge is 2.30. The fourth-order valence-corrected chi connectivity index (χ4v) is 1.99. The number of rotatable bonds is 6. The van der Waals surface area contributed by atoms with E-state index in [0.717, 1.165) is 12.1 Å². The molecule has 0 fully saturated rings. The average molecular weight is 363 g/mol. The Morgan fingerprint density at radius 1 is 1.12 bits per heavy atom. The summed E-state index contributed by atoms with van der Waals surface area (Å²) in [6, 6.07) is 8.77. The molecule has 0 atom stereocenters. The summed E-state index contributed by atoms with van der Waals surface area (Å²) in [7, 11) is 0. The summed E-state index contributed by atoms with van der Waals surface area (Å²) in [5.74, 6) is 0.0107. The number of aromatic nitrogens is 2. The molecule has 0 unspecified atom stereocenters. The Labute approximate surface area is 146 Å². The maximum absolute atomic E-state index is 12.2. The summed E-state index contributed by atoms with van der Waals surface area (Å²) in [5.41, 5.74) is 6.48. The number of nitrogens with zero attached hydrogens (tertiary/aromatic N) is 5. The van der Waals surface area contributed by atoms with Crippen LogP contribution in [-0.4, -0.2) is 29.4 Å². The lowest BCUT2D eigenvalue weighted by molar-refractivity contribution is -0.274. The van der Waals surface area contributed by atoms with E-state index in [2.05, 4.69) is 20.0 Å². The van der Waals surface area contributed by atoms with Gasteiger partial charge in [-0.25, -0.2) is 9.97 Å². The zero-order chi connectivity index (χ0) is 19.2. The van der Waals surface area contributed by atoms with E-state index in [4.69, 9.17) is 16.3 Å². The van der Waals surface area contributed by atoms with Gasteiger partial charge in [0.1, 0.15) is 30.9 Å². The lowest BCUT2D eigenvalue weighted by atomic mass is 10.3. The van der Waals surface area contributed by atoms with Gasteiger partial charge in [0, 0.05) is 5.69 Å². The molecule has 11 heteroatoms.